The third kappa shape index (κ3) is 19.7. The van der Waals surface area contributed by atoms with Crippen molar-refractivity contribution in [2.75, 3.05) is 62.6 Å². The minimum atomic E-state index is -5.68. The van der Waals surface area contributed by atoms with Gasteiger partial charge >= 0.3 is 61.9 Å². The number of ether oxygens (including phenoxy) is 6. The van der Waals surface area contributed by atoms with Crippen LogP contribution in [0.5, 0.6) is 0 Å². The molecule has 19 N–H and O–H groups in total. The normalized spacial score (nSPS) is 29.6. The Morgan fingerprint density at radius 3 is 1.15 bits per heavy atom. The number of aromatic amines is 4. The molecule has 6 aliphatic heterocycles. The van der Waals surface area contributed by atoms with E-state index in [4.69, 9.17) is 96.6 Å². The molecule has 652 valence electrons. The van der Waals surface area contributed by atoms with Crippen molar-refractivity contribution in [2.45, 2.75) is 156 Å². The van der Waals surface area contributed by atoms with E-state index in [-0.39, 0.29) is 63.9 Å². The van der Waals surface area contributed by atoms with Gasteiger partial charge in [-0.05, 0) is 19.1 Å². The van der Waals surface area contributed by atoms with Crippen molar-refractivity contribution in [1.29, 1.82) is 0 Å². The van der Waals surface area contributed by atoms with Gasteiger partial charge in [-0.2, -0.15) is 19.9 Å². The summed E-state index contributed by atoms with van der Waals surface area (Å²) in [7, 11) is -27.6. The summed E-state index contributed by atoms with van der Waals surface area (Å²) in [5, 5.41) is 21.0. The van der Waals surface area contributed by atoms with Gasteiger partial charge in [-0.15, -0.1) is 0 Å². The van der Waals surface area contributed by atoms with Crippen LogP contribution in [0.2, 0.25) is 0 Å². The van der Waals surface area contributed by atoms with E-state index in [0.717, 1.165) is 64.7 Å². The number of aromatic nitrogens is 16. The molecule has 8 aromatic rings. The average molecular weight is 1800 g/mol. The smallest absolute Gasteiger partial charge is 0.394 e. The number of phosphoric ester groups is 5. The second kappa shape index (κ2) is 34.7. The van der Waals surface area contributed by atoms with E-state index in [0.29, 0.717) is 0 Å². The Bertz CT molecular complexity index is 5990. The van der Waals surface area contributed by atoms with Gasteiger partial charge < -0.3 is 86.0 Å². The summed E-state index contributed by atoms with van der Waals surface area (Å²) in [6, 6.07) is 2.46. The molecule has 56 nitrogen and oxygen atoms in total. The van der Waals surface area contributed by atoms with Gasteiger partial charge in [-0.3, -0.25) is 112 Å². The standard InChI is InChI=1S/C59H75N20O36P5/c1-3-25-15-77(59(89)73-51(25)83)40-8-26(81)33(106-40)17-100-116(90,91)114-30-12-44(78-22-64-46-48(78)68-54(62)70-52(46)84)109-36(30)20-104-119(96,97)113-29-11-43(76-14-24(2)50(82)72-58(76)88)108-35(29)19-102-120(98,99)115-31-13-45(79-23-65-47-49(79)69-55(63)71-53(47)85)110-37(31)21-103-118(94,95)112-28-10-42(75-7-5-39(61)67-57(75)87)107-34(28)18-101-117(92,93)111-27-9-41(105-32(27)16-80)74-6-4-38(60)66-56(74)86/h3-7,14-15,22-23,26-37,40-45,80-81H,1,8-13,16-21H2,2H3,(H,90,91)(H,92,93)(H,94,95)(H,96,97)(H,98,99)(H2,60,66,86)(H2,61,67,87)(H,72,82,88)(H,73,83,89)(H3,62,68,70,84)(H3,63,69,71,85)/t26-,27-,28-,29-,30-,31-,32+,33+,34+,35+,36+,37+,40+,41+,42+,43+,44+,45+/m0/s1. The largest absolute Gasteiger partial charge is 0.472 e. The SMILES string of the molecule is C=Cc1cn([C@H]2C[C@H](O)[C@@H](COP(=O)(O)O[C@H]3C[C@H](n4cnc5c(=O)[nH]c(N)nc54)O[C@@H]3COP(=O)(O)O[C@H]3C[C@H](n4cc(C)c(=O)[nH]c4=O)O[C@@H]3COP(=O)(O)O[C@H]3C[C@H](n4cnc5c(=O)[nH]c(N)nc54)O[C@@H]3COP(=O)(O)O[C@H]3C[C@H](n4ccc(N)nc4=O)O[C@@H]3COP(=O)(O)O[C@H]3C[C@H](n4ccc(N)nc4=O)O[C@@H]3CO)O2)c(=O)[nH]c1=O. The zero-order valence-electron chi connectivity index (χ0n) is 61.7. The number of H-pyrrole nitrogens is 4. The van der Waals surface area contributed by atoms with Crippen molar-refractivity contribution < 1.29 is 131 Å². The third-order valence-electron chi connectivity index (χ3n) is 19.5. The maximum atomic E-state index is 14.5. The molecule has 23 atom stereocenters. The van der Waals surface area contributed by atoms with Gasteiger partial charge in [-0.25, -0.2) is 52.0 Å². The Hall–Kier alpha value is -9.01. The van der Waals surface area contributed by atoms with E-state index in [1.165, 1.54) is 25.3 Å². The molecule has 14 rings (SSSR count). The van der Waals surface area contributed by atoms with Gasteiger partial charge in [0.2, 0.25) is 11.9 Å². The van der Waals surface area contributed by atoms with Crippen LogP contribution in [0.4, 0.5) is 23.5 Å². The molecule has 0 bridgehead atoms. The van der Waals surface area contributed by atoms with Crippen molar-refractivity contribution in [3.63, 3.8) is 0 Å². The number of phosphoric acid groups is 5. The topological polar surface area (TPSA) is 785 Å². The molecule has 0 aromatic carbocycles. The molecule has 6 aliphatic rings. The van der Waals surface area contributed by atoms with Crippen LogP contribution < -0.4 is 67.9 Å². The van der Waals surface area contributed by atoms with E-state index < -0.39 is 266 Å². The molecular weight excluding hydrogens is 1720 g/mol. The van der Waals surface area contributed by atoms with E-state index in [1.807, 2.05) is 0 Å². The van der Waals surface area contributed by atoms with Crippen LogP contribution in [0.25, 0.3) is 28.4 Å². The molecule has 14 heterocycles. The number of nitrogens with zero attached hydrogens (tertiary/aromatic N) is 12. The first kappa shape index (κ1) is 87.3. The second-order valence-corrected chi connectivity index (χ2v) is 34.6. The fraction of sp³-hybridized carbons (Fsp3) is 0.525. The Labute approximate surface area is 666 Å². The number of aliphatic hydroxyl groups is 2. The van der Waals surface area contributed by atoms with Crippen LogP contribution in [-0.4, -0.2) is 225 Å². The van der Waals surface area contributed by atoms with Crippen LogP contribution in [0.3, 0.4) is 0 Å². The predicted octanol–water partition coefficient (Wildman–Crippen LogP) is -3.26. The van der Waals surface area contributed by atoms with Gasteiger partial charge in [0, 0.05) is 68.9 Å². The Kier molecular flexibility index (Phi) is 25.3. The first-order valence-corrected chi connectivity index (χ1v) is 43.1. The van der Waals surface area contributed by atoms with Crippen LogP contribution in [0.15, 0.2) is 94.5 Å². The number of hydrogen-bond donors (Lipinski definition) is 15. The minimum Gasteiger partial charge on any atom is -0.394 e. The number of fused-ring (bicyclic) bond motifs is 2. The maximum Gasteiger partial charge on any atom is 0.472 e. The number of nitrogens with one attached hydrogen (secondary N) is 4. The van der Waals surface area contributed by atoms with E-state index in [2.05, 4.69) is 56.4 Å². The minimum absolute atomic E-state index is 0.0326. The second-order valence-electron chi connectivity index (χ2n) is 27.5. The first-order chi connectivity index (χ1) is 56.7. The molecule has 8 aromatic heterocycles. The molecule has 5 unspecified atom stereocenters. The number of aliphatic hydroxyl groups excluding tert-OH is 2. The van der Waals surface area contributed by atoms with Crippen molar-refractivity contribution >= 4 is 91.0 Å². The van der Waals surface area contributed by atoms with E-state index in [1.54, 1.807) is 0 Å². The molecule has 6 saturated heterocycles. The van der Waals surface area contributed by atoms with Gasteiger partial charge in [-0.1, -0.05) is 12.7 Å². The third-order valence-corrected chi connectivity index (χ3v) is 24.5. The molecule has 0 aliphatic carbocycles. The summed E-state index contributed by atoms with van der Waals surface area (Å²) >= 11 is 0. The summed E-state index contributed by atoms with van der Waals surface area (Å²) in [5.74, 6) is -1.13. The molecule has 0 radical (unpaired) electrons. The number of anilines is 4. The first-order valence-electron chi connectivity index (χ1n) is 35.6. The highest BCUT2D eigenvalue weighted by atomic mass is 31.2. The molecule has 0 amide bonds. The van der Waals surface area contributed by atoms with E-state index in [9.17, 15) is 95.9 Å². The molecule has 6 fully saturated rings. The lowest BCUT2D eigenvalue weighted by atomic mass is 10.2. The van der Waals surface area contributed by atoms with Gasteiger partial charge in [0.05, 0.1) is 64.0 Å². The highest BCUT2D eigenvalue weighted by Gasteiger charge is 2.52. The molecule has 61 heteroatoms. The van der Waals surface area contributed by atoms with Gasteiger partial charge in [0.25, 0.3) is 22.2 Å². The fourth-order valence-electron chi connectivity index (χ4n) is 13.8. The van der Waals surface area contributed by atoms with Crippen molar-refractivity contribution in [3.05, 3.63) is 151 Å². The van der Waals surface area contributed by atoms with Crippen molar-refractivity contribution in [1.82, 2.24) is 77.2 Å². The number of rotatable bonds is 33. The number of imidazole rings is 2. The fourth-order valence-corrected chi connectivity index (χ4v) is 18.6. The molecule has 0 saturated carbocycles. The van der Waals surface area contributed by atoms with Crippen molar-refractivity contribution in [3.8, 4) is 0 Å². The summed E-state index contributed by atoms with van der Waals surface area (Å²) in [4.78, 5) is 192. The van der Waals surface area contributed by atoms with Crippen LogP contribution >= 0.6 is 39.1 Å². The van der Waals surface area contributed by atoms with Gasteiger partial charge in [0.1, 0.15) is 116 Å². The summed E-state index contributed by atoms with van der Waals surface area (Å²) in [6.07, 6.45) is -23.0. The lowest BCUT2D eigenvalue weighted by Crippen LogP contribution is -2.33. The quantitative estimate of drug-likeness (QED) is 0.0180. The average Bonchev–Trinajstić information content (AvgIpc) is 1.63. The highest BCUT2D eigenvalue weighted by Crippen LogP contribution is 2.56. The van der Waals surface area contributed by atoms with Crippen LogP contribution in [-0.2, 0) is 96.5 Å². The number of aryl methyl sites for hydroxylation is 1. The summed E-state index contributed by atoms with van der Waals surface area (Å²) in [5.41, 5.74) is 14.9. The number of nitrogens with two attached hydrogens (primary N) is 4. The molecule has 0 spiro atoms. The predicted molar refractivity (Wildman–Crippen MR) is 396 cm³/mol. The maximum absolute atomic E-state index is 14.5. The lowest BCUT2D eigenvalue weighted by molar-refractivity contribution is -0.0649. The van der Waals surface area contributed by atoms with Crippen molar-refractivity contribution in [2.24, 2.45) is 0 Å². The number of hydrogen-bond acceptors (Lipinski definition) is 41. The molecule has 120 heavy (non-hydrogen) atoms. The zero-order valence-corrected chi connectivity index (χ0v) is 66.1. The summed E-state index contributed by atoms with van der Waals surface area (Å²) in [6.45, 7) is -1.30. The summed E-state index contributed by atoms with van der Waals surface area (Å²) < 4.78 is 167. The zero-order chi connectivity index (χ0) is 86.0. The Morgan fingerprint density at radius 1 is 0.450 bits per heavy atom. The lowest BCUT2D eigenvalue weighted by Gasteiger charge is -2.26. The number of nitrogen functional groups attached to an aromatic ring is 4. The Morgan fingerprint density at radius 2 is 0.775 bits per heavy atom. The monoisotopic (exact) mass is 1790 g/mol. The highest BCUT2D eigenvalue weighted by molar-refractivity contribution is 7.48. The van der Waals surface area contributed by atoms with Crippen LogP contribution in [0, 0.1) is 6.92 Å². The molecular formula is C59H75N20O36P5. The Balaban J connectivity index is 0.671. The van der Waals surface area contributed by atoms with Crippen LogP contribution in [0.1, 0.15) is 87.0 Å². The van der Waals surface area contributed by atoms with E-state index >= 15 is 0 Å². The van der Waals surface area contributed by atoms with Gasteiger partial charge in [0.15, 0.2) is 22.3 Å².